The van der Waals surface area contributed by atoms with Crippen molar-refractivity contribution in [1.29, 1.82) is 0 Å². The van der Waals surface area contributed by atoms with E-state index in [1.807, 2.05) is 11.9 Å². The van der Waals surface area contributed by atoms with Crippen molar-refractivity contribution >= 4 is 18.5 Å². The fourth-order valence-corrected chi connectivity index (χ4v) is 1.64. The zero-order chi connectivity index (χ0) is 11.5. The van der Waals surface area contributed by atoms with Gasteiger partial charge in [0.25, 0.3) is 0 Å². The van der Waals surface area contributed by atoms with Crippen molar-refractivity contribution in [2.75, 3.05) is 25.2 Å². The Hall–Kier alpha value is -1.18. The van der Waals surface area contributed by atoms with E-state index in [2.05, 4.69) is 9.97 Å². The summed E-state index contributed by atoms with van der Waals surface area (Å²) < 4.78 is 5.28. The number of aromatic nitrogens is 2. The summed E-state index contributed by atoms with van der Waals surface area (Å²) in [5.41, 5.74) is 0.292. The topological polar surface area (TPSA) is 78.7 Å². The van der Waals surface area contributed by atoms with Gasteiger partial charge in [-0.2, -0.15) is 0 Å². The molecular weight excluding hydrogens is 209 g/mol. The van der Waals surface area contributed by atoms with Gasteiger partial charge in [-0.1, -0.05) is 0 Å². The molecule has 0 radical (unpaired) electrons. The third-order valence-corrected chi connectivity index (χ3v) is 2.73. The van der Waals surface area contributed by atoms with Crippen LogP contribution < -0.4 is 10.4 Å². The van der Waals surface area contributed by atoms with E-state index in [1.54, 1.807) is 0 Å². The maximum Gasteiger partial charge on any atom is 0.491 e. The van der Waals surface area contributed by atoms with Gasteiger partial charge in [0, 0.05) is 31.5 Å². The van der Waals surface area contributed by atoms with E-state index in [9.17, 15) is 0 Å². The Kier molecular flexibility index (Phi) is 3.38. The van der Waals surface area contributed by atoms with Gasteiger partial charge < -0.3 is 19.7 Å². The van der Waals surface area contributed by atoms with Gasteiger partial charge in [-0.15, -0.1) is 0 Å². The van der Waals surface area contributed by atoms with E-state index in [0.717, 1.165) is 13.0 Å². The number of ether oxygens (including phenoxy) is 1. The first-order chi connectivity index (χ1) is 7.68. The molecule has 2 heterocycles. The first kappa shape index (κ1) is 11.3. The molecule has 1 aliphatic heterocycles. The van der Waals surface area contributed by atoms with Gasteiger partial charge in [-0.25, -0.2) is 9.97 Å². The summed E-state index contributed by atoms with van der Waals surface area (Å²) in [7, 11) is 0.387. The summed E-state index contributed by atoms with van der Waals surface area (Å²) in [6.45, 7) is 1.45. The maximum absolute atomic E-state index is 8.91. The van der Waals surface area contributed by atoms with Gasteiger partial charge in [0.2, 0.25) is 5.95 Å². The SMILES string of the molecule is CN(c1ncc(B(O)O)cn1)[C@H]1CCOC1. The van der Waals surface area contributed by atoms with Crippen LogP contribution in [0.2, 0.25) is 0 Å². The third kappa shape index (κ3) is 2.32. The quantitative estimate of drug-likeness (QED) is 0.599. The van der Waals surface area contributed by atoms with Crippen LogP contribution in [0.4, 0.5) is 5.95 Å². The Morgan fingerprint density at radius 3 is 2.62 bits per heavy atom. The molecule has 0 aromatic carbocycles. The highest BCUT2D eigenvalue weighted by molar-refractivity contribution is 6.58. The minimum atomic E-state index is -1.52. The molecular formula is C9H14BN3O3. The molecule has 1 saturated heterocycles. The molecule has 7 heteroatoms. The van der Waals surface area contributed by atoms with Crippen molar-refractivity contribution < 1.29 is 14.8 Å². The molecule has 0 saturated carbocycles. The Bertz CT molecular complexity index is 340. The van der Waals surface area contributed by atoms with Crippen molar-refractivity contribution in [1.82, 2.24) is 9.97 Å². The fourth-order valence-electron chi connectivity index (χ4n) is 1.64. The van der Waals surface area contributed by atoms with E-state index >= 15 is 0 Å². The van der Waals surface area contributed by atoms with Crippen molar-refractivity contribution in [3.05, 3.63) is 12.4 Å². The van der Waals surface area contributed by atoms with Crippen LogP contribution in [0, 0.1) is 0 Å². The lowest BCUT2D eigenvalue weighted by molar-refractivity contribution is 0.193. The first-order valence-electron chi connectivity index (χ1n) is 5.17. The molecule has 16 heavy (non-hydrogen) atoms. The molecule has 6 nitrogen and oxygen atoms in total. The van der Waals surface area contributed by atoms with E-state index < -0.39 is 7.12 Å². The van der Waals surface area contributed by atoms with Crippen LogP contribution in [0.15, 0.2) is 12.4 Å². The zero-order valence-corrected chi connectivity index (χ0v) is 9.08. The van der Waals surface area contributed by atoms with E-state index in [-0.39, 0.29) is 0 Å². The Balaban J connectivity index is 2.08. The van der Waals surface area contributed by atoms with Crippen LogP contribution in [-0.2, 0) is 4.74 Å². The van der Waals surface area contributed by atoms with Crippen LogP contribution in [0.1, 0.15) is 6.42 Å². The molecule has 0 amide bonds. The molecule has 1 fully saturated rings. The average molecular weight is 223 g/mol. The minimum Gasteiger partial charge on any atom is -0.423 e. The first-order valence-corrected chi connectivity index (χ1v) is 5.17. The van der Waals surface area contributed by atoms with Crippen molar-refractivity contribution in [3.8, 4) is 0 Å². The maximum atomic E-state index is 8.91. The number of rotatable bonds is 3. The molecule has 0 bridgehead atoms. The van der Waals surface area contributed by atoms with Gasteiger partial charge in [0.1, 0.15) is 0 Å². The molecule has 0 unspecified atom stereocenters. The monoisotopic (exact) mass is 223 g/mol. The number of likely N-dealkylation sites (N-methyl/N-ethyl adjacent to an activating group) is 1. The average Bonchev–Trinajstić information content (AvgIpc) is 2.81. The second-order valence-corrected chi connectivity index (χ2v) is 3.82. The number of hydrogen-bond donors (Lipinski definition) is 2. The lowest BCUT2D eigenvalue weighted by Crippen LogP contribution is -2.35. The summed E-state index contributed by atoms with van der Waals surface area (Å²) in [4.78, 5) is 10.1. The third-order valence-electron chi connectivity index (χ3n) is 2.73. The second-order valence-electron chi connectivity index (χ2n) is 3.82. The van der Waals surface area contributed by atoms with E-state index in [4.69, 9.17) is 14.8 Å². The summed E-state index contributed by atoms with van der Waals surface area (Å²) >= 11 is 0. The molecule has 0 spiro atoms. The summed E-state index contributed by atoms with van der Waals surface area (Å²) in [5.74, 6) is 0.569. The molecule has 0 aliphatic carbocycles. The zero-order valence-electron chi connectivity index (χ0n) is 9.08. The van der Waals surface area contributed by atoms with E-state index in [0.29, 0.717) is 24.1 Å². The summed E-state index contributed by atoms with van der Waals surface area (Å²) in [6.07, 6.45) is 3.79. The fraction of sp³-hybridized carbons (Fsp3) is 0.556. The second kappa shape index (κ2) is 4.77. The van der Waals surface area contributed by atoms with Gasteiger partial charge in [-0.05, 0) is 6.42 Å². The normalized spacial score (nSPS) is 19.8. The van der Waals surface area contributed by atoms with Crippen LogP contribution in [0.5, 0.6) is 0 Å². The number of hydrogen-bond acceptors (Lipinski definition) is 6. The summed E-state index contributed by atoms with van der Waals surface area (Å²) in [5, 5.41) is 17.8. The Morgan fingerprint density at radius 1 is 1.44 bits per heavy atom. The largest absolute Gasteiger partial charge is 0.491 e. The van der Waals surface area contributed by atoms with E-state index in [1.165, 1.54) is 12.4 Å². The Morgan fingerprint density at radius 2 is 2.12 bits per heavy atom. The van der Waals surface area contributed by atoms with Gasteiger partial charge in [0.15, 0.2) is 0 Å². The predicted molar refractivity (Wildman–Crippen MR) is 59.5 cm³/mol. The Labute approximate surface area is 94.0 Å². The van der Waals surface area contributed by atoms with Crippen LogP contribution in [0.25, 0.3) is 0 Å². The molecule has 1 aromatic rings. The van der Waals surface area contributed by atoms with Crippen molar-refractivity contribution in [3.63, 3.8) is 0 Å². The molecule has 2 N–H and O–H groups in total. The minimum absolute atomic E-state index is 0.292. The van der Waals surface area contributed by atoms with Crippen molar-refractivity contribution in [2.24, 2.45) is 0 Å². The number of anilines is 1. The van der Waals surface area contributed by atoms with Crippen LogP contribution >= 0.6 is 0 Å². The molecule has 2 rings (SSSR count). The molecule has 1 atom stereocenters. The van der Waals surface area contributed by atoms with Crippen LogP contribution in [0.3, 0.4) is 0 Å². The molecule has 1 aromatic heterocycles. The predicted octanol–water partition coefficient (Wildman–Crippen LogP) is -1.62. The smallest absolute Gasteiger partial charge is 0.423 e. The van der Waals surface area contributed by atoms with Gasteiger partial charge in [0.05, 0.1) is 12.6 Å². The molecule has 86 valence electrons. The van der Waals surface area contributed by atoms with Crippen LogP contribution in [-0.4, -0.2) is 53.4 Å². The van der Waals surface area contributed by atoms with Crippen molar-refractivity contribution in [2.45, 2.75) is 12.5 Å². The lowest BCUT2D eigenvalue weighted by Gasteiger charge is -2.22. The highest BCUT2D eigenvalue weighted by atomic mass is 16.5. The lowest BCUT2D eigenvalue weighted by atomic mass is 9.83. The highest BCUT2D eigenvalue weighted by Crippen LogP contribution is 2.14. The standard InChI is InChI=1S/C9H14BN3O3/c1-13(8-2-3-16-6-8)9-11-4-7(5-12-9)10(14)15/h4-5,8,14-15H,2-3,6H2,1H3/t8-/m0/s1. The number of nitrogens with zero attached hydrogens (tertiary/aromatic N) is 3. The highest BCUT2D eigenvalue weighted by Gasteiger charge is 2.22. The van der Waals surface area contributed by atoms with Gasteiger partial charge in [-0.3, -0.25) is 0 Å². The summed E-state index contributed by atoms with van der Waals surface area (Å²) in [6, 6.07) is 0.296. The van der Waals surface area contributed by atoms with Gasteiger partial charge >= 0.3 is 7.12 Å². The molecule has 1 aliphatic rings.